The quantitative estimate of drug-likeness (QED) is 0.606. The van der Waals surface area contributed by atoms with Crippen molar-refractivity contribution < 1.29 is 8.42 Å². The van der Waals surface area contributed by atoms with Crippen LogP contribution in [0.1, 0.15) is 22.7 Å². The van der Waals surface area contributed by atoms with Crippen molar-refractivity contribution in [1.29, 1.82) is 0 Å². The molecule has 1 N–H and O–H groups in total. The SMILES string of the molecule is Cc1ccc(S(=O)(=O)NC(/C=C/c2ccc(Cl)cc2)c2ccccc2)cc1. The second-order valence-electron chi connectivity index (χ2n) is 6.23. The van der Waals surface area contributed by atoms with Crippen LogP contribution >= 0.6 is 11.6 Å². The molecule has 0 spiro atoms. The fraction of sp³-hybridized carbons (Fsp3) is 0.0909. The van der Waals surface area contributed by atoms with Crippen LogP contribution in [-0.2, 0) is 10.0 Å². The van der Waals surface area contributed by atoms with E-state index >= 15 is 0 Å². The topological polar surface area (TPSA) is 46.2 Å². The van der Waals surface area contributed by atoms with E-state index in [1.165, 1.54) is 0 Å². The van der Waals surface area contributed by atoms with Gasteiger partial charge in [-0.25, -0.2) is 8.42 Å². The zero-order chi connectivity index (χ0) is 19.3. The number of benzene rings is 3. The average molecular weight is 398 g/mol. The summed E-state index contributed by atoms with van der Waals surface area (Å²) in [7, 11) is -3.66. The molecule has 0 aromatic heterocycles. The van der Waals surface area contributed by atoms with Crippen LogP contribution in [0.2, 0.25) is 5.02 Å². The minimum Gasteiger partial charge on any atom is -0.207 e. The Hall–Kier alpha value is -2.40. The lowest BCUT2D eigenvalue weighted by Crippen LogP contribution is -2.27. The standard InChI is InChI=1S/C22H20ClNO2S/c1-17-7-14-21(15-8-17)27(25,26)24-22(19-5-3-2-4-6-19)16-11-18-9-12-20(23)13-10-18/h2-16,22,24H,1H3/b16-11+. The third-order valence-electron chi connectivity index (χ3n) is 4.12. The van der Waals surface area contributed by atoms with Gasteiger partial charge in [0.1, 0.15) is 0 Å². The fourth-order valence-corrected chi connectivity index (χ4v) is 3.92. The maximum Gasteiger partial charge on any atom is 0.241 e. The molecule has 3 rings (SSSR count). The molecule has 0 saturated carbocycles. The summed E-state index contributed by atoms with van der Waals surface area (Å²) in [4.78, 5) is 0.244. The predicted molar refractivity (Wildman–Crippen MR) is 111 cm³/mol. The van der Waals surface area contributed by atoms with Crippen LogP contribution in [0.15, 0.2) is 89.8 Å². The Labute approximate surface area is 165 Å². The van der Waals surface area contributed by atoms with Crippen molar-refractivity contribution in [3.63, 3.8) is 0 Å². The van der Waals surface area contributed by atoms with Crippen molar-refractivity contribution in [3.8, 4) is 0 Å². The molecule has 5 heteroatoms. The van der Waals surface area contributed by atoms with Crippen molar-refractivity contribution in [3.05, 3.63) is 107 Å². The smallest absolute Gasteiger partial charge is 0.207 e. The van der Waals surface area contributed by atoms with E-state index in [4.69, 9.17) is 11.6 Å². The molecule has 0 fully saturated rings. The summed E-state index contributed by atoms with van der Waals surface area (Å²) < 4.78 is 28.4. The number of sulfonamides is 1. The number of rotatable bonds is 6. The summed E-state index contributed by atoms with van der Waals surface area (Å²) in [5.74, 6) is 0. The van der Waals surface area contributed by atoms with Crippen LogP contribution in [0.3, 0.4) is 0 Å². The lowest BCUT2D eigenvalue weighted by atomic mass is 10.1. The largest absolute Gasteiger partial charge is 0.241 e. The van der Waals surface area contributed by atoms with Gasteiger partial charge in [-0.1, -0.05) is 83.9 Å². The van der Waals surface area contributed by atoms with E-state index in [1.807, 2.05) is 61.5 Å². The highest BCUT2D eigenvalue weighted by atomic mass is 35.5. The van der Waals surface area contributed by atoms with Crippen molar-refractivity contribution in [2.45, 2.75) is 17.9 Å². The van der Waals surface area contributed by atoms with Crippen molar-refractivity contribution in [2.75, 3.05) is 0 Å². The van der Waals surface area contributed by atoms with E-state index in [-0.39, 0.29) is 4.90 Å². The van der Waals surface area contributed by atoms with Crippen molar-refractivity contribution in [2.24, 2.45) is 0 Å². The van der Waals surface area contributed by atoms with Gasteiger partial charge in [-0.15, -0.1) is 0 Å². The van der Waals surface area contributed by atoms with Crippen molar-refractivity contribution >= 4 is 27.7 Å². The Bertz CT molecular complexity index is 1010. The summed E-state index contributed by atoms with van der Waals surface area (Å²) in [5.41, 5.74) is 2.81. The van der Waals surface area contributed by atoms with Crippen LogP contribution in [0.4, 0.5) is 0 Å². The minimum absolute atomic E-state index is 0.244. The molecule has 0 bridgehead atoms. The van der Waals surface area contributed by atoms with E-state index in [1.54, 1.807) is 36.4 Å². The second kappa shape index (κ2) is 8.53. The Morgan fingerprint density at radius 2 is 1.52 bits per heavy atom. The lowest BCUT2D eigenvalue weighted by molar-refractivity contribution is 0.574. The second-order valence-corrected chi connectivity index (χ2v) is 8.38. The Kier molecular flexibility index (Phi) is 6.11. The fourth-order valence-electron chi connectivity index (χ4n) is 2.61. The average Bonchev–Trinajstić information content (AvgIpc) is 2.67. The normalized spacial score (nSPS) is 13.0. The summed E-state index contributed by atoms with van der Waals surface area (Å²) in [6.07, 6.45) is 3.72. The third-order valence-corrected chi connectivity index (χ3v) is 5.83. The highest BCUT2D eigenvalue weighted by molar-refractivity contribution is 7.89. The summed E-state index contributed by atoms with van der Waals surface area (Å²) in [6.45, 7) is 1.92. The van der Waals surface area contributed by atoms with Crippen LogP contribution in [0.5, 0.6) is 0 Å². The molecular formula is C22H20ClNO2S. The number of hydrogen-bond donors (Lipinski definition) is 1. The molecule has 0 aliphatic carbocycles. The van der Waals surface area contributed by atoms with E-state index in [0.717, 1.165) is 16.7 Å². The van der Waals surface area contributed by atoms with E-state index < -0.39 is 16.1 Å². The summed E-state index contributed by atoms with van der Waals surface area (Å²) in [5, 5.41) is 0.659. The first-order valence-corrected chi connectivity index (χ1v) is 10.4. The zero-order valence-electron chi connectivity index (χ0n) is 14.8. The van der Waals surface area contributed by atoms with Gasteiger partial charge in [0.2, 0.25) is 10.0 Å². The number of aryl methyl sites for hydroxylation is 1. The van der Waals surface area contributed by atoms with E-state index in [2.05, 4.69) is 4.72 Å². The van der Waals surface area contributed by atoms with Gasteiger partial charge in [0.25, 0.3) is 0 Å². The minimum atomic E-state index is -3.66. The molecule has 27 heavy (non-hydrogen) atoms. The van der Waals surface area contributed by atoms with Crippen LogP contribution in [-0.4, -0.2) is 8.42 Å². The summed E-state index contributed by atoms with van der Waals surface area (Å²) >= 11 is 5.92. The molecule has 0 aliphatic rings. The van der Waals surface area contributed by atoms with Gasteiger partial charge in [0.05, 0.1) is 10.9 Å². The number of hydrogen-bond acceptors (Lipinski definition) is 2. The monoisotopic (exact) mass is 397 g/mol. The highest BCUT2D eigenvalue weighted by Crippen LogP contribution is 2.20. The molecule has 0 saturated heterocycles. The van der Waals surface area contributed by atoms with Crippen LogP contribution in [0, 0.1) is 6.92 Å². The Balaban J connectivity index is 1.90. The Morgan fingerprint density at radius 3 is 2.15 bits per heavy atom. The third kappa shape index (κ3) is 5.30. The van der Waals surface area contributed by atoms with Crippen LogP contribution in [0.25, 0.3) is 6.08 Å². The molecule has 3 aromatic rings. The van der Waals surface area contributed by atoms with E-state index in [0.29, 0.717) is 5.02 Å². The first-order chi connectivity index (χ1) is 12.9. The predicted octanol–water partition coefficient (Wildman–Crippen LogP) is 5.38. The first kappa shape index (κ1) is 19.4. The molecule has 0 amide bonds. The van der Waals surface area contributed by atoms with Gasteiger partial charge in [0.15, 0.2) is 0 Å². The maximum atomic E-state index is 12.8. The van der Waals surface area contributed by atoms with E-state index in [9.17, 15) is 8.42 Å². The van der Waals surface area contributed by atoms with Gasteiger partial charge in [-0.2, -0.15) is 4.72 Å². The zero-order valence-corrected chi connectivity index (χ0v) is 16.4. The molecule has 138 valence electrons. The number of halogens is 1. The van der Waals surface area contributed by atoms with Crippen LogP contribution < -0.4 is 4.72 Å². The van der Waals surface area contributed by atoms with Gasteiger partial charge in [-0.05, 0) is 42.3 Å². The molecule has 0 aliphatic heterocycles. The van der Waals surface area contributed by atoms with Gasteiger partial charge in [-0.3, -0.25) is 0 Å². The van der Waals surface area contributed by atoms with Gasteiger partial charge >= 0.3 is 0 Å². The van der Waals surface area contributed by atoms with Gasteiger partial charge in [0, 0.05) is 5.02 Å². The summed E-state index contributed by atoms with van der Waals surface area (Å²) in [6, 6.07) is 23.2. The molecule has 3 aromatic carbocycles. The molecular weight excluding hydrogens is 378 g/mol. The van der Waals surface area contributed by atoms with Crippen molar-refractivity contribution in [1.82, 2.24) is 4.72 Å². The Morgan fingerprint density at radius 1 is 0.889 bits per heavy atom. The molecule has 0 radical (unpaired) electrons. The molecule has 1 atom stereocenters. The molecule has 0 heterocycles. The first-order valence-electron chi connectivity index (χ1n) is 8.52. The highest BCUT2D eigenvalue weighted by Gasteiger charge is 2.19. The van der Waals surface area contributed by atoms with Gasteiger partial charge < -0.3 is 0 Å². The number of nitrogens with one attached hydrogen (secondary N) is 1. The molecule has 1 unspecified atom stereocenters. The molecule has 3 nitrogen and oxygen atoms in total. The lowest BCUT2D eigenvalue weighted by Gasteiger charge is -2.16. The maximum absolute atomic E-state index is 12.8.